The van der Waals surface area contributed by atoms with Crippen molar-refractivity contribution in [2.75, 3.05) is 0 Å². The average molecular weight is 166 g/mol. The quantitative estimate of drug-likeness (QED) is 0.585. The van der Waals surface area contributed by atoms with E-state index in [0.29, 0.717) is 5.92 Å². The summed E-state index contributed by atoms with van der Waals surface area (Å²) in [6, 6.07) is 0. The van der Waals surface area contributed by atoms with Gasteiger partial charge in [-0.15, -0.1) is 0 Å². The highest BCUT2D eigenvalue weighted by molar-refractivity contribution is 4.97. The Kier molecular flexibility index (Phi) is 1.52. The maximum atomic E-state index is 9.84. The molecule has 1 heteroatoms. The second-order valence-electron chi connectivity index (χ2n) is 5.16. The van der Waals surface area contributed by atoms with Gasteiger partial charge < -0.3 is 5.11 Å². The molecular weight excluding hydrogens is 148 g/mol. The number of aliphatic hydroxyl groups is 1. The maximum Gasteiger partial charge on any atom is 0.0573 e. The van der Waals surface area contributed by atoms with E-state index in [9.17, 15) is 5.11 Å². The molecule has 3 aliphatic rings. The molecule has 3 aliphatic carbocycles. The van der Waals surface area contributed by atoms with Crippen LogP contribution in [0.2, 0.25) is 0 Å². The molecule has 1 nitrogen and oxygen atoms in total. The van der Waals surface area contributed by atoms with Crippen LogP contribution >= 0.6 is 0 Å². The van der Waals surface area contributed by atoms with E-state index < -0.39 is 0 Å². The highest BCUT2D eigenvalue weighted by Crippen LogP contribution is 2.54. The van der Waals surface area contributed by atoms with Crippen LogP contribution < -0.4 is 0 Å². The fraction of sp³-hybridized carbons (Fsp3) is 1.00. The Morgan fingerprint density at radius 3 is 2.25 bits per heavy atom. The summed E-state index contributed by atoms with van der Waals surface area (Å²) in [4.78, 5) is 0. The van der Waals surface area contributed by atoms with E-state index in [-0.39, 0.29) is 6.10 Å². The fourth-order valence-electron chi connectivity index (χ4n) is 4.16. The molecule has 0 unspecified atom stereocenters. The Morgan fingerprint density at radius 1 is 0.833 bits per heavy atom. The minimum absolute atomic E-state index is 0.0686. The van der Waals surface area contributed by atoms with Gasteiger partial charge in [-0.2, -0.15) is 0 Å². The van der Waals surface area contributed by atoms with Crippen molar-refractivity contribution < 1.29 is 5.11 Å². The van der Waals surface area contributed by atoms with E-state index in [0.717, 1.165) is 24.2 Å². The molecule has 0 aromatic rings. The molecule has 0 aromatic heterocycles. The Bertz CT molecular complexity index is 185. The third kappa shape index (κ3) is 0.891. The molecule has 3 saturated carbocycles. The Hall–Kier alpha value is -0.0400. The van der Waals surface area contributed by atoms with Crippen molar-refractivity contribution in [2.45, 2.75) is 44.6 Å². The third-order valence-electron chi connectivity index (χ3n) is 4.58. The van der Waals surface area contributed by atoms with Crippen molar-refractivity contribution >= 4 is 0 Å². The summed E-state index contributed by atoms with van der Waals surface area (Å²) in [5.74, 6) is 3.57. The van der Waals surface area contributed by atoms with Gasteiger partial charge in [0.2, 0.25) is 0 Å². The van der Waals surface area contributed by atoms with Crippen LogP contribution in [0.25, 0.3) is 0 Å². The van der Waals surface area contributed by atoms with Gasteiger partial charge in [0.25, 0.3) is 0 Å². The molecule has 3 fully saturated rings. The van der Waals surface area contributed by atoms with Gasteiger partial charge in [0.1, 0.15) is 0 Å². The predicted octanol–water partition coefficient (Wildman–Crippen LogP) is 2.19. The van der Waals surface area contributed by atoms with E-state index in [1.54, 1.807) is 0 Å². The topological polar surface area (TPSA) is 20.2 Å². The van der Waals surface area contributed by atoms with Crippen LogP contribution in [0, 0.1) is 23.7 Å². The average Bonchev–Trinajstić information content (AvgIpc) is 2.59. The summed E-state index contributed by atoms with van der Waals surface area (Å²) in [7, 11) is 0. The summed E-state index contributed by atoms with van der Waals surface area (Å²) in [5.41, 5.74) is 0. The van der Waals surface area contributed by atoms with Gasteiger partial charge in [-0.05, 0) is 55.8 Å². The SMILES string of the molecule is O[C@H]1CC[C@H]2C[C@@H]3CC[C@@H](C3)[C@@H]21. The molecule has 0 amide bonds. The molecule has 12 heavy (non-hydrogen) atoms. The van der Waals surface area contributed by atoms with Gasteiger partial charge in [0.15, 0.2) is 0 Å². The van der Waals surface area contributed by atoms with Crippen molar-refractivity contribution in [1.29, 1.82) is 0 Å². The van der Waals surface area contributed by atoms with Gasteiger partial charge in [-0.25, -0.2) is 0 Å². The zero-order chi connectivity index (χ0) is 8.13. The van der Waals surface area contributed by atoms with Crippen molar-refractivity contribution in [3.8, 4) is 0 Å². The second kappa shape index (κ2) is 2.47. The number of fused-ring (bicyclic) bond motifs is 4. The van der Waals surface area contributed by atoms with Crippen LogP contribution in [-0.2, 0) is 0 Å². The lowest BCUT2D eigenvalue weighted by molar-refractivity contribution is 0.0587. The molecule has 0 saturated heterocycles. The molecule has 0 heterocycles. The Balaban J connectivity index is 1.86. The first kappa shape index (κ1) is 7.37. The van der Waals surface area contributed by atoms with Crippen LogP contribution in [0.15, 0.2) is 0 Å². The number of hydrogen-bond donors (Lipinski definition) is 1. The van der Waals surface area contributed by atoms with E-state index in [4.69, 9.17) is 0 Å². The van der Waals surface area contributed by atoms with Crippen LogP contribution in [0.5, 0.6) is 0 Å². The van der Waals surface area contributed by atoms with Gasteiger partial charge in [0, 0.05) is 0 Å². The van der Waals surface area contributed by atoms with E-state index >= 15 is 0 Å². The first-order valence-electron chi connectivity index (χ1n) is 5.52. The molecule has 0 aliphatic heterocycles. The Labute approximate surface area is 74.2 Å². The zero-order valence-corrected chi connectivity index (χ0v) is 7.58. The van der Waals surface area contributed by atoms with Gasteiger partial charge >= 0.3 is 0 Å². The number of aliphatic hydroxyl groups excluding tert-OH is 1. The molecule has 68 valence electrons. The molecule has 5 atom stereocenters. The second-order valence-corrected chi connectivity index (χ2v) is 5.16. The summed E-state index contributed by atoms with van der Waals surface area (Å²) in [6.07, 6.45) is 8.25. The van der Waals surface area contributed by atoms with Crippen LogP contribution in [0.3, 0.4) is 0 Å². The lowest BCUT2D eigenvalue weighted by atomic mass is 9.73. The molecule has 2 bridgehead atoms. The smallest absolute Gasteiger partial charge is 0.0573 e. The first-order chi connectivity index (χ1) is 5.84. The normalized spacial score (nSPS) is 57.2. The van der Waals surface area contributed by atoms with Gasteiger partial charge in [-0.1, -0.05) is 6.42 Å². The van der Waals surface area contributed by atoms with Gasteiger partial charge in [-0.3, -0.25) is 0 Å². The summed E-state index contributed by atoms with van der Waals surface area (Å²) < 4.78 is 0. The lowest BCUT2D eigenvalue weighted by Gasteiger charge is -2.33. The Morgan fingerprint density at radius 2 is 1.50 bits per heavy atom. The minimum Gasteiger partial charge on any atom is -0.393 e. The number of hydrogen-bond acceptors (Lipinski definition) is 1. The van der Waals surface area contributed by atoms with Crippen LogP contribution in [0.4, 0.5) is 0 Å². The van der Waals surface area contributed by atoms with Crippen molar-refractivity contribution in [2.24, 2.45) is 23.7 Å². The molecule has 0 spiro atoms. The van der Waals surface area contributed by atoms with E-state index in [2.05, 4.69) is 0 Å². The first-order valence-corrected chi connectivity index (χ1v) is 5.52. The van der Waals surface area contributed by atoms with Gasteiger partial charge in [0.05, 0.1) is 6.10 Å². The molecule has 3 rings (SSSR count). The van der Waals surface area contributed by atoms with Crippen LogP contribution in [-0.4, -0.2) is 11.2 Å². The summed E-state index contributed by atoms with van der Waals surface area (Å²) in [5, 5.41) is 9.84. The summed E-state index contributed by atoms with van der Waals surface area (Å²) in [6.45, 7) is 0. The lowest BCUT2D eigenvalue weighted by Crippen LogP contribution is -2.30. The highest BCUT2D eigenvalue weighted by Gasteiger charge is 2.47. The highest BCUT2D eigenvalue weighted by atomic mass is 16.3. The standard InChI is InChI=1S/C11H18O/c12-10-4-3-9-6-7-1-2-8(5-7)11(9)10/h7-12H,1-6H2/t7-,8+,9+,10+,11+/m1/s1. The van der Waals surface area contributed by atoms with Crippen molar-refractivity contribution in [1.82, 2.24) is 0 Å². The summed E-state index contributed by atoms with van der Waals surface area (Å²) >= 11 is 0. The van der Waals surface area contributed by atoms with E-state index in [1.807, 2.05) is 0 Å². The molecule has 0 radical (unpaired) electrons. The maximum absolute atomic E-state index is 9.84. The van der Waals surface area contributed by atoms with E-state index in [1.165, 1.54) is 32.1 Å². The molecule has 1 N–H and O–H groups in total. The molecule has 0 aromatic carbocycles. The molecular formula is C11H18O. The van der Waals surface area contributed by atoms with Crippen molar-refractivity contribution in [3.05, 3.63) is 0 Å². The largest absolute Gasteiger partial charge is 0.393 e. The fourth-order valence-corrected chi connectivity index (χ4v) is 4.16. The predicted molar refractivity (Wildman–Crippen MR) is 47.7 cm³/mol. The zero-order valence-electron chi connectivity index (χ0n) is 7.58. The number of rotatable bonds is 0. The van der Waals surface area contributed by atoms with Crippen LogP contribution in [0.1, 0.15) is 38.5 Å². The monoisotopic (exact) mass is 166 g/mol. The minimum atomic E-state index is 0.0686. The van der Waals surface area contributed by atoms with Crippen molar-refractivity contribution in [3.63, 3.8) is 0 Å². The third-order valence-corrected chi connectivity index (χ3v) is 4.58.